The molecule has 0 saturated carbocycles. The van der Waals surface area contributed by atoms with Crippen molar-refractivity contribution in [1.29, 1.82) is 0 Å². The quantitative estimate of drug-likeness (QED) is 0.506. The van der Waals surface area contributed by atoms with Gasteiger partial charge in [0.1, 0.15) is 11.6 Å². The number of methoxy groups -OCH3 is 2. The minimum atomic E-state index is -0.336. The SMILES string of the molecule is COc1cc(CC2=C(C)C(CC(=O)NCc3ccco3)c3cc(F)ccc32)cc(OC)c1O. The Kier molecular flexibility index (Phi) is 6.40. The number of halogens is 1. The molecule has 1 aliphatic carbocycles. The summed E-state index contributed by atoms with van der Waals surface area (Å²) in [6, 6.07) is 11.8. The molecule has 33 heavy (non-hydrogen) atoms. The van der Waals surface area contributed by atoms with E-state index in [4.69, 9.17) is 13.9 Å². The number of phenolic OH excluding ortho intramolecular Hbond substituents is 1. The number of aromatic hydroxyl groups is 1. The number of allylic oxidation sites excluding steroid dienone is 2. The van der Waals surface area contributed by atoms with Gasteiger partial charge in [0.15, 0.2) is 11.5 Å². The van der Waals surface area contributed by atoms with Crippen LogP contribution >= 0.6 is 0 Å². The van der Waals surface area contributed by atoms with Crippen molar-refractivity contribution in [2.24, 2.45) is 0 Å². The number of carbonyl (C=O) groups is 1. The number of phenols is 1. The molecule has 0 spiro atoms. The van der Waals surface area contributed by atoms with Crippen molar-refractivity contribution in [2.75, 3.05) is 14.2 Å². The number of fused-ring (bicyclic) bond motifs is 1. The van der Waals surface area contributed by atoms with Gasteiger partial charge in [-0.1, -0.05) is 11.6 Å². The molecule has 2 aromatic carbocycles. The summed E-state index contributed by atoms with van der Waals surface area (Å²) in [4.78, 5) is 12.7. The molecule has 1 amide bonds. The van der Waals surface area contributed by atoms with Gasteiger partial charge in [-0.2, -0.15) is 0 Å². The van der Waals surface area contributed by atoms with E-state index in [9.17, 15) is 14.3 Å². The first kappa shape index (κ1) is 22.5. The smallest absolute Gasteiger partial charge is 0.221 e. The molecule has 3 aromatic rings. The topological polar surface area (TPSA) is 80.9 Å². The number of hydrogen-bond acceptors (Lipinski definition) is 5. The molecule has 172 valence electrons. The third-order valence-electron chi connectivity index (χ3n) is 6.06. The van der Waals surface area contributed by atoms with E-state index in [1.165, 1.54) is 26.4 Å². The summed E-state index contributed by atoms with van der Waals surface area (Å²) in [6.45, 7) is 2.28. The van der Waals surface area contributed by atoms with E-state index in [0.29, 0.717) is 30.2 Å². The number of hydrogen-bond donors (Lipinski definition) is 2. The van der Waals surface area contributed by atoms with Crippen LogP contribution in [0.2, 0.25) is 0 Å². The predicted molar refractivity (Wildman–Crippen MR) is 122 cm³/mol. The van der Waals surface area contributed by atoms with Crippen LogP contribution in [0.5, 0.6) is 17.2 Å². The van der Waals surface area contributed by atoms with Gasteiger partial charge in [-0.25, -0.2) is 4.39 Å². The Balaban J connectivity index is 1.62. The Morgan fingerprint density at radius 1 is 1.15 bits per heavy atom. The molecule has 1 aliphatic rings. The van der Waals surface area contributed by atoms with Crippen LogP contribution in [0, 0.1) is 5.82 Å². The lowest BCUT2D eigenvalue weighted by Gasteiger charge is -2.14. The Morgan fingerprint density at radius 2 is 1.88 bits per heavy atom. The Labute approximate surface area is 191 Å². The van der Waals surface area contributed by atoms with Gasteiger partial charge in [0.25, 0.3) is 0 Å². The fourth-order valence-electron chi connectivity index (χ4n) is 4.36. The summed E-state index contributed by atoms with van der Waals surface area (Å²) in [6.07, 6.45) is 2.28. The maximum absolute atomic E-state index is 14.1. The molecule has 0 fully saturated rings. The largest absolute Gasteiger partial charge is 0.502 e. The van der Waals surface area contributed by atoms with Gasteiger partial charge >= 0.3 is 0 Å². The number of furan rings is 1. The number of nitrogens with one attached hydrogen (secondary N) is 1. The minimum absolute atomic E-state index is 0.0607. The maximum Gasteiger partial charge on any atom is 0.221 e. The molecule has 7 heteroatoms. The normalized spacial score (nSPS) is 14.8. The molecule has 4 rings (SSSR count). The molecule has 0 saturated heterocycles. The summed E-state index contributed by atoms with van der Waals surface area (Å²) in [5.74, 6) is 0.529. The van der Waals surface area contributed by atoms with E-state index in [-0.39, 0.29) is 29.8 Å². The Hall–Kier alpha value is -3.74. The molecule has 0 bridgehead atoms. The predicted octanol–water partition coefficient (Wildman–Crippen LogP) is 4.96. The lowest BCUT2D eigenvalue weighted by molar-refractivity contribution is -0.121. The van der Waals surface area contributed by atoms with Gasteiger partial charge in [0.05, 0.1) is 27.0 Å². The van der Waals surface area contributed by atoms with Crippen LogP contribution in [0.1, 0.15) is 41.7 Å². The van der Waals surface area contributed by atoms with Crippen LogP contribution in [-0.4, -0.2) is 25.2 Å². The molecule has 0 aliphatic heterocycles. The minimum Gasteiger partial charge on any atom is -0.502 e. The number of carbonyl (C=O) groups excluding carboxylic acids is 1. The summed E-state index contributed by atoms with van der Waals surface area (Å²) >= 11 is 0. The molecule has 6 nitrogen and oxygen atoms in total. The molecule has 1 heterocycles. The van der Waals surface area contributed by atoms with Crippen molar-refractivity contribution in [3.05, 3.63) is 82.6 Å². The summed E-state index contributed by atoms with van der Waals surface area (Å²) in [7, 11) is 2.96. The van der Waals surface area contributed by atoms with Gasteiger partial charge in [0.2, 0.25) is 11.7 Å². The third-order valence-corrected chi connectivity index (χ3v) is 6.06. The first-order valence-corrected chi connectivity index (χ1v) is 10.6. The van der Waals surface area contributed by atoms with E-state index in [1.807, 2.05) is 6.92 Å². The second-order valence-electron chi connectivity index (χ2n) is 8.03. The lowest BCUT2D eigenvalue weighted by atomic mass is 9.92. The fourth-order valence-corrected chi connectivity index (χ4v) is 4.36. The number of rotatable bonds is 8. The van der Waals surface area contributed by atoms with Gasteiger partial charge < -0.3 is 24.3 Å². The highest BCUT2D eigenvalue weighted by atomic mass is 19.1. The van der Waals surface area contributed by atoms with Gasteiger partial charge in [-0.15, -0.1) is 0 Å². The summed E-state index contributed by atoms with van der Waals surface area (Å²) < 4.78 is 30.0. The average Bonchev–Trinajstić information content (AvgIpc) is 3.41. The molecule has 1 aromatic heterocycles. The van der Waals surface area contributed by atoms with E-state index < -0.39 is 0 Å². The standard InChI is InChI=1S/C26H26FNO5/c1-15-20(9-16-10-23(31-2)26(30)24(11-16)32-3)19-7-6-17(27)12-22(19)21(15)13-25(29)28-14-18-5-4-8-33-18/h4-8,10-12,21,30H,9,13-14H2,1-3H3,(H,28,29). The second kappa shape index (κ2) is 9.40. The zero-order chi connectivity index (χ0) is 23.5. The van der Waals surface area contributed by atoms with E-state index in [1.54, 1.807) is 36.6 Å². The van der Waals surface area contributed by atoms with Crippen molar-refractivity contribution < 1.29 is 28.2 Å². The molecule has 2 N–H and O–H groups in total. The number of amides is 1. The van der Waals surface area contributed by atoms with Crippen molar-refractivity contribution in [3.63, 3.8) is 0 Å². The molecule has 1 atom stereocenters. The zero-order valence-electron chi connectivity index (χ0n) is 18.8. The van der Waals surface area contributed by atoms with Crippen molar-refractivity contribution in [1.82, 2.24) is 5.32 Å². The average molecular weight is 451 g/mol. The van der Waals surface area contributed by atoms with Crippen molar-refractivity contribution >= 4 is 11.5 Å². The summed E-state index contributed by atoms with van der Waals surface area (Å²) in [5, 5.41) is 13.1. The van der Waals surface area contributed by atoms with Crippen molar-refractivity contribution in [2.45, 2.75) is 32.2 Å². The first-order chi connectivity index (χ1) is 15.9. The summed E-state index contributed by atoms with van der Waals surface area (Å²) in [5.41, 5.74) is 4.62. The molecule has 0 radical (unpaired) electrons. The van der Waals surface area contributed by atoms with Crippen LogP contribution in [0.25, 0.3) is 5.57 Å². The van der Waals surface area contributed by atoms with E-state index >= 15 is 0 Å². The van der Waals surface area contributed by atoms with E-state index in [2.05, 4.69) is 5.32 Å². The first-order valence-electron chi connectivity index (χ1n) is 10.6. The Bertz CT molecular complexity index is 1170. The maximum atomic E-state index is 14.1. The van der Waals surface area contributed by atoms with Crippen LogP contribution in [-0.2, 0) is 17.8 Å². The fraction of sp³-hybridized carbons (Fsp3) is 0.269. The number of benzene rings is 2. The van der Waals surface area contributed by atoms with Gasteiger partial charge in [-0.05, 0) is 72.0 Å². The van der Waals surface area contributed by atoms with E-state index in [0.717, 1.165) is 27.8 Å². The third kappa shape index (κ3) is 4.58. The molecular weight excluding hydrogens is 425 g/mol. The zero-order valence-corrected chi connectivity index (χ0v) is 18.8. The molecular formula is C26H26FNO5. The Morgan fingerprint density at radius 3 is 2.52 bits per heavy atom. The highest BCUT2D eigenvalue weighted by molar-refractivity contribution is 5.84. The monoisotopic (exact) mass is 451 g/mol. The van der Waals surface area contributed by atoms with Crippen molar-refractivity contribution in [3.8, 4) is 17.2 Å². The molecule has 1 unspecified atom stereocenters. The van der Waals surface area contributed by atoms with Gasteiger partial charge in [0, 0.05) is 12.3 Å². The highest BCUT2D eigenvalue weighted by Gasteiger charge is 2.31. The van der Waals surface area contributed by atoms with Crippen LogP contribution in [0.15, 0.2) is 58.7 Å². The van der Waals surface area contributed by atoms with Crippen LogP contribution in [0.3, 0.4) is 0 Å². The highest BCUT2D eigenvalue weighted by Crippen LogP contribution is 2.46. The number of ether oxygens (including phenoxy) is 2. The second-order valence-corrected chi connectivity index (χ2v) is 8.03. The van der Waals surface area contributed by atoms with Crippen LogP contribution in [0.4, 0.5) is 4.39 Å². The van der Waals surface area contributed by atoms with Crippen LogP contribution < -0.4 is 14.8 Å². The van der Waals surface area contributed by atoms with Gasteiger partial charge in [-0.3, -0.25) is 4.79 Å². The lowest BCUT2D eigenvalue weighted by Crippen LogP contribution is -2.24.